The van der Waals surface area contributed by atoms with Gasteiger partial charge in [-0.2, -0.15) is 5.10 Å². The van der Waals surface area contributed by atoms with Gasteiger partial charge in [-0.15, -0.1) is 0 Å². The van der Waals surface area contributed by atoms with Crippen LogP contribution in [0.25, 0.3) is 22.2 Å². The molecule has 5 rings (SSSR count). The average molecular weight is 590 g/mol. The van der Waals surface area contributed by atoms with Crippen molar-refractivity contribution in [1.29, 1.82) is 0 Å². The monoisotopic (exact) mass is 590 g/mol. The number of aliphatic hydroxyl groups is 1. The first-order valence-corrected chi connectivity index (χ1v) is 9.51. The van der Waals surface area contributed by atoms with Gasteiger partial charge in [0.2, 0.25) is 0 Å². The summed E-state index contributed by atoms with van der Waals surface area (Å²) in [7, 11) is 1.85. The summed E-state index contributed by atoms with van der Waals surface area (Å²) in [6, 6.07) is 10.1. The smallest absolute Gasteiger partial charge is 0.765 e. The largest absolute Gasteiger partial charge is 2.00 e. The number of fused-ring (bicyclic) bond motifs is 2. The van der Waals surface area contributed by atoms with Crippen molar-refractivity contribution in [3.05, 3.63) is 70.5 Å². The van der Waals surface area contributed by atoms with Crippen molar-refractivity contribution in [3.63, 3.8) is 0 Å². The maximum atomic E-state index is 12.3. The van der Waals surface area contributed by atoms with Gasteiger partial charge in [-0.25, -0.2) is 4.98 Å². The summed E-state index contributed by atoms with van der Waals surface area (Å²) in [4.78, 5) is 27.5. The SMILES string of the molecule is Cn1cc(-c2nc(N3Cc4ccccc4C3)cc3c(=O)[n-]cnc23)cn1.OC[S-].[W+2]. The summed E-state index contributed by atoms with van der Waals surface area (Å²) in [6.07, 6.45) is 4.89. The molecule has 0 atom stereocenters. The molecule has 4 aromatic rings. The topological polar surface area (TPSA) is 98.2 Å². The van der Waals surface area contributed by atoms with Crippen LogP contribution in [0, 0.1) is 0 Å². The average Bonchev–Trinajstić information content (AvgIpc) is 3.34. The van der Waals surface area contributed by atoms with Crippen molar-refractivity contribution in [2.24, 2.45) is 7.05 Å². The van der Waals surface area contributed by atoms with Crippen LogP contribution < -0.4 is 15.4 Å². The van der Waals surface area contributed by atoms with Crippen molar-refractivity contribution in [1.82, 2.24) is 24.7 Å². The fraction of sp³-hybridized carbons (Fsp3) is 0.200. The van der Waals surface area contributed by atoms with Crippen molar-refractivity contribution < 1.29 is 26.2 Å². The van der Waals surface area contributed by atoms with Gasteiger partial charge in [0.25, 0.3) is 0 Å². The second-order valence-electron chi connectivity index (χ2n) is 6.56. The molecule has 0 radical (unpaired) electrons. The summed E-state index contributed by atoms with van der Waals surface area (Å²) in [5.41, 5.74) is 4.31. The maximum Gasteiger partial charge on any atom is 2.00 e. The fourth-order valence-electron chi connectivity index (χ4n) is 3.43. The molecule has 10 heteroatoms. The molecule has 0 fully saturated rings. The van der Waals surface area contributed by atoms with Crippen LogP contribution in [0.3, 0.4) is 0 Å². The second-order valence-corrected chi connectivity index (χ2v) is 6.82. The number of hydrogen-bond donors (Lipinski definition) is 1. The van der Waals surface area contributed by atoms with E-state index < -0.39 is 0 Å². The van der Waals surface area contributed by atoms with Gasteiger partial charge < -0.3 is 32.6 Å². The van der Waals surface area contributed by atoms with Crippen LogP contribution in [0.15, 0.2) is 53.8 Å². The van der Waals surface area contributed by atoms with Gasteiger partial charge in [0.05, 0.1) is 11.9 Å². The number of hydrogen-bond acceptors (Lipinski definition) is 7. The Morgan fingerprint density at radius 2 is 1.90 bits per heavy atom. The molecule has 1 aliphatic heterocycles. The molecular weight excluding hydrogens is 572 g/mol. The quantitative estimate of drug-likeness (QED) is 0.350. The molecule has 0 saturated heterocycles. The molecular formula is C20H18N6O2SW. The molecule has 1 aliphatic rings. The zero-order valence-electron chi connectivity index (χ0n) is 16.1. The Labute approximate surface area is 192 Å². The minimum Gasteiger partial charge on any atom is -0.765 e. The summed E-state index contributed by atoms with van der Waals surface area (Å²) < 4.78 is 1.71. The van der Waals surface area contributed by atoms with Gasteiger partial charge in [0, 0.05) is 37.3 Å². The number of anilines is 1. The predicted molar refractivity (Wildman–Crippen MR) is 112 cm³/mol. The van der Waals surface area contributed by atoms with E-state index >= 15 is 0 Å². The molecule has 152 valence electrons. The molecule has 4 heterocycles. The van der Waals surface area contributed by atoms with Gasteiger partial charge in [-0.3, -0.25) is 9.48 Å². The molecule has 0 spiro atoms. The zero-order valence-corrected chi connectivity index (χ0v) is 19.8. The van der Waals surface area contributed by atoms with Gasteiger partial charge in [0.15, 0.2) is 5.56 Å². The number of pyridine rings is 1. The molecule has 1 aromatic carbocycles. The van der Waals surface area contributed by atoms with E-state index in [1.807, 2.05) is 25.4 Å². The van der Waals surface area contributed by atoms with E-state index in [2.05, 4.69) is 44.7 Å². The molecule has 8 nitrogen and oxygen atoms in total. The molecule has 0 amide bonds. The van der Waals surface area contributed by atoms with E-state index in [1.54, 1.807) is 16.9 Å². The van der Waals surface area contributed by atoms with Crippen molar-refractivity contribution >= 4 is 29.3 Å². The van der Waals surface area contributed by atoms with E-state index in [-0.39, 0.29) is 32.6 Å². The van der Waals surface area contributed by atoms with Gasteiger partial charge >= 0.3 is 21.1 Å². The second kappa shape index (κ2) is 9.55. The first-order chi connectivity index (χ1) is 14.1. The van der Waals surface area contributed by atoms with Gasteiger partial charge in [-0.05, 0) is 22.7 Å². The standard InChI is InChI=1S/C19H16N6O.CH4OS.W/c1-24-8-14(7-22-24)17-18-15(19(26)21-11-20-18)6-16(23-17)25-9-12-4-2-3-5-13(12)10-25;2-1-3;/h2-8,11H,9-10H2,1H3,(H,20,21,26);2-3H,1H2;/q;;+2/p-2. The fourth-order valence-corrected chi connectivity index (χ4v) is 3.43. The normalized spacial score (nSPS) is 12.2. The van der Waals surface area contributed by atoms with E-state index in [4.69, 9.17) is 10.1 Å². The van der Waals surface area contributed by atoms with Crippen LogP contribution in [0.4, 0.5) is 5.82 Å². The maximum absolute atomic E-state index is 12.3. The van der Waals surface area contributed by atoms with E-state index in [0.717, 1.165) is 24.5 Å². The molecule has 0 saturated carbocycles. The Bertz CT molecular complexity index is 1200. The Hall–Kier alpha value is -2.48. The minimum absolute atomic E-state index is 0. The van der Waals surface area contributed by atoms with Crippen molar-refractivity contribution in [2.75, 3.05) is 10.8 Å². The van der Waals surface area contributed by atoms with Crippen LogP contribution in [0.1, 0.15) is 11.1 Å². The van der Waals surface area contributed by atoms with E-state index in [0.29, 0.717) is 16.6 Å². The van der Waals surface area contributed by atoms with Crippen LogP contribution in [-0.4, -0.2) is 30.8 Å². The zero-order chi connectivity index (χ0) is 20.4. The third-order valence-corrected chi connectivity index (χ3v) is 4.71. The first-order valence-electron chi connectivity index (χ1n) is 8.93. The van der Waals surface area contributed by atoms with Gasteiger partial charge in [-0.1, -0.05) is 36.5 Å². The number of rotatable bonds is 2. The first kappa shape index (κ1) is 22.2. The summed E-state index contributed by atoms with van der Waals surface area (Å²) in [6.45, 7) is 1.53. The Balaban J connectivity index is 0.000000606. The Morgan fingerprint density at radius 1 is 1.23 bits per heavy atom. The summed E-state index contributed by atoms with van der Waals surface area (Å²) in [5.74, 6) is 0.583. The third-order valence-electron chi connectivity index (χ3n) is 4.71. The number of aliphatic hydroxyl groups excluding tert-OH is 1. The molecule has 0 bridgehead atoms. The molecule has 0 unspecified atom stereocenters. The van der Waals surface area contributed by atoms with Crippen LogP contribution in [-0.2, 0) is 53.8 Å². The van der Waals surface area contributed by atoms with Crippen molar-refractivity contribution in [3.8, 4) is 11.3 Å². The van der Waals surface area contributed by atoms with Crippen molar-refractivity contribution in [2.45, 2.75) is 13.1 Å². The molecule has 0 aliphatic carbocycles. The Morgan fingerprint density at radius 3 is 2.50 bits per heavy atom. The number of aromatic nitrogens is 5. The predicted octanol–water partition coefficient (Wildman–Crippen LogP) is 1.35. The van der Waals surface area contributed by atoms with E-state index in [1.165, 1.54) is 17.5 Å². The van der Waals surface area contributed by atoms with Gasteiger partial charge in [0.1, 0.15) is 5.82 Å². The molecule has 3 aromatic heterocycles. The van der Waals surface area contributed by atoms with Crippen LogP contribution in [0.5, 0.6) is 0 Å². The van der Waals surface area contributed by atoms with Crippen LogP contribution >= 0.6 is 0 Å². The summed E-state index contributed by atoms with van der Waals surface area (Å²) >= 11 is 3.95. The summed E-state index contributed by atoms with van der Waals surface area (Å²) in [5, 5.41) is 12.1. The third kappa shape index (κ3) is 4.33. The molecule has 1 N–H and O–H groups in total. The number of nitrogens with zero attached hydrogens (tertiary/aromatic N) is 6. The Kier molecular flexibility index (Phi) is 7.07. The number of aryl methyl sites for hydroxylation is 1. The molecule has 30 heavy (non-hydrogen) atoms. The van der Waals surface area contributed by atoms with E-state index in [9.17, 15) is 4.79 Å². The van der Waals surface area contributed by atoms with Crippen LogP contribution in [0.2, 0.25) is 0 Å². The minimum atomic E-state index is -0.291. The number of benzene rings is 1.